The van der Waals surface area contributed by atoms with E-state index >= 15 is 0 Å². The van der Waals surface area contributed by atoms with E-state index in [4.69, 9.17) is 16.2 Å². The van der Waals surface area contributed by atoms with Crippen LogP contribution in [-0.4, -0.2) is 27.9 Å². The Kier molecular flexibility index (Phi) is 3.50. The number of nitrogens with two attached hydrogens (primary N) is 2. The van der Waals surface area contributed by atoms with E-state index in [-0.39, 0.29) is 0 Å². The molecule has 1 aliphatic rings. The third-order valence-corrected chi connectivity index (χ3v) is 3.44. The fourth-order valence-electron chi connectivity index (χ4n) is 1.70. The highest BCUT2D eigenvalue weighted by molar-refractivity contribution is 7.99. The van der Waals surface area contributed by atoms with Crippen molar-refractivity contribution in [3.05, 3.63) is 6.07 Å². The van der Waals surface area contributed by atoms with Gasteiger partial charge in [0.2, 0.25) is 0 Å². The molecule has 16 heavy (non-hydrogen) atoms. The van der Waals surface area contributed by atoms with Gasteiger partial charge in [-0.25, -0.2) is 9.97 Å². The Balaban J connectivity index is 1.89. The molecule has 0 bridgehead atoms. The molecule has 0 aromatic carbocycles. The van der Waals surface area contributed by atoms with Crippen molar-refractivity contribution in [1.29, 1.82) is 0 Å². The Labute approximate surface area is 99.0 Å². The minimum absolute atomic E-state index is 0.297. The monoisotopic (exact) mass is 240 g/mol. The van der Waals surface area contributed by atoms with Crippen LogP contribution in [0.2, 0.25) is 0 Å². The summed E-state index contributed by atoms with van der Waals surface area (Å²) < 4.78 is 5.70. The fourth-order valence-corrected chi connectivity index (χ4v) is 2.62. The van der Waals surface area contributed by atoms with Crippen molar-refractivity contribution >= 4 is 23.4 Å². The van der Waals surface area contributed by atoms with Crippen molar-refractivity contribution in [2.75, 3.05) is 17.2 Å². The summed E-state index contributed by atoms with van der Waals surface area (Å²) in [6.07, 6.45) is 2.90. The predicted molar refractivity (Wildman–Crippen MR) is 65.1 cm³/mol. The third-order valence-electron chi connectivity index (χ3n) is 2.46. The molecule has 1 aliphatic heterocycles. The average molecular weight is 240 g/mol. The highest BCUT2D eigenvalue weighted by atomic mass is 32.2. The van der Waals surface area contributed by atoms with Gasteiger partial charge < -0.3 is 16.2 Å². The Morgan fingerprint density at radius 3 is 2.62 bits per heavy atom. The molecule has 0 spiro atoms. The summed E-state index contributed by atoms with van der Waals surface area (Å²) in [6.45, 7) is 2.10. The van der Waals surface area contributed by atoms with E-state index in [1.54, 1.807) is 17.8 Å². The largest absolute Gasteiger partial charge is 0.383 e. The van der Waals surface area contributed by atoms with Crippen LogP contribution in [-0.2, 0) is 4.74 Å². The second-order valence-electron chi connectivity index (χ2n) is 3.96. The van der Waals surface area contributed by atoms with Gasteiger partial charge in [0.05, 0.1) is 12.2 Å². The van der Waals surface area contributed by atoms with E-state index in [1.165, 1.54) is 0 Å². The van der Waals surface area contributed by atoms with Crippen LogP contribution in [0.1, 0.15) is 19.8 Å². The van der Waals surface area contributed by atoms with Crippen LogP contribution in [0.4, 0.5) is 11.6 Å². The maximum Gasteiger partial charge on any atom is 0.191 e. The molecule has 0 radical (unpaired) electrons. The zero-order valence-electron chi connectivity index (χ0n) is 9.22. The Bertz CT molecular complexity index is 354. The summed E-state index contributed by atoms with van der Waals surface area (Å²) in [6, 6.07) is 1.55. The Morgan fingerprint density at radius 1 is 1.38 bits per heavy atom. The number of nitrogens with zero attached hydrogens (tertiary/aromatic N) is 2. The first-order valence-electron chi connectivity index (χ1n) is 5.32. The van der Waals surface area contributed by atoms with Gasteiger partial charge in [-0.1, -0.05) is 11.8 Å². The lowest BCUT2D eigenvalue weighted by Gasteiger charge is -2.09. The lowest BCUT2D eigenvalue weighted by Crippen LogP contribution is -2.11. The summed E-state index contributed by atoms with van der Waals surface area (Å²) in [7, 11) is 0. The molecule has 6 heteroatoms. The maximum atomic E-state index is 5.70. The van der Waals surface area contributed by atoms with Gasteiger partial charge in [-0.2, -0.15) is 0 Å². The molecule has 88 valence electrons. The van der Waals surface area contributed by atoms with Crippen LogP contribution >= 0.6 is 11.8 Å². The number of hydrogen-bond acceptors (Lipinski definition) is 6. The standard InChI is InChI=1S/C10H16N4OS/c1-6-2-3-7(15-6)5-16-10-13-8(11)4-9(12)14-10/h4,6-7H,2-3,5H2,1H3,(H4,11,12,13,14). The smallest absolute Gasteiger partial charge is 0.191 e. The van der Waals surface area contributed by atoms with E-state index in [0.717, 1.165) is 18.6 Å². The molecule has 2 atom stereocenters. The molecule has 5 nitrogen and oxygen atoms in total. The summed E-state index contributed by atoms with van der Waals surface area (Å²) in [5, 5.41) is 0.626. The molecule has 0 saturated carbocycles. The van der Waals surface area contributed by atoms with Gasteiger partial charge in [0.1, 0.15) is 11.6 Å². The second kappa shape index (κ2) is 4.88. The molecule has 0 aliphatic carbocycles. The molecular weight excluding hydrogens is 224 g/mol. The zero-order chi connectivity index (χ0) is 11.5. The van der Waals surface area contributed by atoms with Crippen LogP contribution in [0.3, 0.4) is 0 Å². The molecule has 2 unspecified atom stereocenters. The van der Waals surface area contributed by atoms with E-state index in [1.807, 2.05) is 0 Å². The maximum absolute atomic E-state index is 5.70. The molecule has 4 N–H and O–H groups in total. The highest BCUT2D eigenvalue weighted by Gasteiger charge is 2.22. The number of ether oxygens (including phenoxy) is 1. The Morgan fingerprint density at radius 2 is 2.06 bits per heavy atom. The predicted octanol–water partition coefficient (Wildman–Crippen LogP) is 1.30. The van der Waals surface area contributed by atoms with Crippen molar-refractivity contribution in [2.24, 2.45) is 0 Å². The lowest BCUT2D eigenvalue weighted by molar-refractivity contribution is 0.0699. The third kappa shape index (κ3) is 2.99. The van der Waals surface area contributed by atoms with Crippen molar-refractivity contribution < 1.29 is 4.74 Å². The lowest BCUT2D eigenvalue weighted by atomic mass is 10.2. The second-order valence-corrected chi connectivity index (χ2v) is 4.94. The highest BCUT2D eigenvalue weighted by Crippen LogP contribution is 2.25. The molecule has 1 fully saturated rings. The molecule has 1 aromatic heterocycles. The van der Waals surface area contributed by atoms with Gasteiger partial charge >= 0.3 is 0 Å². The van der Waals surface area contributed by atoms with Crippen LogP contribution in [0.25, 0.3) is 0 Å². The van der Waals surface area contributed by atoms with Crippen molar-refractivity contribution in [2.45, 2.75) is 37.1 Å². The normalized spacial score (nSPS) is 24.8. The molecule has 0 amide bonds. The number of thioether (sulfide) groups is 1. The zero-order valence-corrected chi connectivity index (χ0v) is 10.0. The van der Waals surface area contributed by atoms with Crippen molar-refractivity contribution in [1.82, 2.24) is 9.97 Å². The first kappa shape index (κ1) is 11.5. The minimum Gasteiger partial charge on any atom is -0.383 e. The molecule has 1 saturated heterocycles. The van der Waals surface area contributed by atoms with Crippen LogP contribution in [0.15, 0.2) is 11.2 Å². The number of hydrogen-bond donors (Lipinski definition) is 2. The van der Waals surface area contributed by atoms with Crippen LogP contribution in [0.5, 0.6) is 0 Å². The van der Waals surface area contributed by atoms with Gasteiger partial charge in [-0.05, 0) is 19.8 Å². The van der Waals surface area contributed by atoms with Gasteiger partial charge in [0, 0.05) is 11.8 Å². The first-order chi connectivity index (χ1) is 7.63. The van der Waals surface area contributed by atoms with E-state index in [9.17, 15) is 0 Å². The summed E-state index contributed by atoms with van der Waals surface area (Å²) >= 11 is 1.54. The van der Waals surface area contributed by atoms with Gasteiger partial charge in [0.25, 0.3) is 0 Å². The molecular formula is C10H16N4OS. The van der Waals surface area contributed by atoms with Crippen LogP contribution in [0, 0.1) is 0 Å². The van der Waals surface area contributed by atoms with Crippen molar-refractivity contribution in [3.8, 4) is 0 Å². The van der Waals surface area contributed by atoms with Crippen LogP contribution < -0.4 is 11.5 Å². The van der Waals surface area contributed by atoms with E-state index < -0.39 is 0 Å². The number of rotatable bonds is 3. The SMILES string of the molecule is CC1CCC(CSc2nc(N)cc(N)n2)O1. The molecule has 2 rings (SSSR count). The summed E-state index contributed by atoms with van der Waals surface area (Å²) in [5.41, 5.74) is 11.2. The van der Waals surface area contributed by atoms with Gasteiger partial charge in [0.15, 0.2) is 5.16 Å². The van der Waals surface area contributed by atoms with E-state index in [2.05, 4.69) is 16.9 Å². The van der Waals surface area contributed by atoms with Gasteiger partial charge in [-0.15, -0.1) is 0 Å². The van der Waals surface area contributed by atoms with Crippen molar-refractivity contribution in [3.63, 3.8) is 0 Å². The fraction of sp³-hybridized carbons (Fsp3) is 0.600. The number of nitrogen functional groups attached to an aromatic ring is 2. The quantitative estimate of drug-likeness (QED) is 0.611. The minimum atomic E-state index is 0.297. The molecule has 1 aromatic rings. The first-order valence-corrected chi connectivity index (χ1v) is 6.30. The number of anilines is 2. The van der Waals surface area contributed by atoms with E-state index in [0.29, 0.717) is 29.0 Å². The summed E-state index contributed by atoms with van der Waals surface area (Å²) in [4.78, 5) is 8.22. The summed E-state index contributed by atoms with van der Waals surface area (Å²) in [5.74, 6) is 1.68. The molecule has 2 heterocycles. The topological polar surface area (TPSA) is 87.0 Å². The van der Waals surface area contributed by atoms with Gasteiger partial charge in [-0.3, -0.25) is 0 Å². The average Bonchev–Trinajstić information content (AvgIpc) is 2.60. The Hall–Kier alpha value is -1.01. The number of aromatic nitrogens is 2.